The van der Waals surface area contributed by atoms with E-state index in [1.165, 1.54) is 0 Å². The fraction of sp³-hybridized carbons (Fsp3) is 0.125. The number of anilines is 3. The van der Waals surface area contributed by atoms with Gasteiger partial charge in [0, 0.05) is 36.6 Å². The van der Waals surface area contributed by atoms with Crippen LogP contribution in [0.2, 0.25) is 0 Å². The summed E-state index contributed by atoms with van der Waals surface area (Å²) in [6, 6.07) is 23.1. The van der Waals surface area contributed by atoms with E-state index in [1.807, 2.05) is 72.8 Å². The quantitative estimate of drug-likeness (QED) is 0.195. The maximum Gasteiger partial charge on any atom is 0.280 e. The lowest BCUT2D eigenvalue weighted by atomic mass is 10.1. The van der Waals surface area contributed by atoms with Crippen LogP contribution in [0.5, 0.6) is 0 Å². The van der Waals surface area contributed by atoms with Crippen LogP contribution in [-0.4, -0.2) is 15.5 Å². The van der Waals surface area contributed by atoms with Gasteiger partial charge in [-0.25, -0.2) is 0 Å². The Morgan fingerprint density at radius 3 is 1.67 bits per heavy atom. The highest BCUT2D eigenvalue weighted by atomic mass is 32.1. The van der Waals surface area contributed by atoms with Crippen molar-refractivity contribution in [3.63, 3.8) is 0 Å². The van der Waals surface area contributed by atoms with Crippen molar-refractivity contribution >= 4 is 70.0 Å². The Bertz CT molecular complexity index is 1090. The molecule has 3 aromatic carbocycles. The minimum Gasteiger partial charge on any atom is -0.393 e. The summed E-state index contributed by atoms with van der Waals surface area (Å²) < 4.78 is 0. The number of nitrogens with two attached hydrogens (primary N) is 1. The summed E-state index contributed by atoms with van der Waals surface area (Å²) in [7, 11) is 0. The van der Waals surface area contributed by atoms with Crippen molar-refractivity contribution in [3.8, 4) is 0 Å². The molecule has 4 N–H and O–H groups in total. The smallest absolute Gasteiger partial charge is 0.280 e. The van der Waals surface area contributed by atoms with E-state index in [0.717, 1.165) is 22.4 Å². The molecular formula is C24H24N4O2S3. The van der Waals surface area contributed by atoms with Gasteiger partial charge in [0.25, 0.3) is 10.5 Å². The standard InChI is InChI=1S/C24H24N4O2S3/c25-22(31)13-16-9-11-19(12-10-16)28(14-17-5-1-3-7-20(17)26-23(29)32)15-18-6-2-4-8-21(18)27-24(30)33/h1-12H,13-15H2,(H2,25,31)(H2,26,29,32)(H2,27,30,33). The van der Waals surface area contributed by atoms with Crippen LogP contribution >= 0.6 is 37.5 Å². The molecule has 3 rings (SSSR count). The third-order valence-electron chi connectivity index (χ3n) is 4.92. The average Bonchev–Trinajstić information content (AvgIpc) is 2.75. The number of thiocarbonyl (C=S) groups is 1. The topological polar surface area (TPSA) is 87.5 Å². The summed E-state index contributed by atoms with van der Waals surface area (Å²) in [6.07, 6.45) is 0.531. The SMILES string of the molecule is NC(=S)Cc1ccc(N(Cc2ccccc2NC(=O)S)Cc2ccccc2NC(=O)S)cc1. The number of carbonyl (C=O) groups is 2. The highest BCUT2D eigenvalue weighted by Gasteiger charge is 2.14. The number of benzene rings is 3. The van der Waals surface area contributed by atoms with E-state index in [4.69, 9.17) is 18.0 Å². The van der Waals surface area contributed by atoms with E-state index < -0.39 is 10.5 Å². The van der Waals surface area contributed by atoms with Gasteiger partial charge in [-0.05, 0) is 41.0 Å². The Morgan fingerprint density at radius 1 is 0.788 bits per heavy atom. The van der Waals surface area contributed by atoms with Gasteiger partial charge >= 0.3 is 0 Å². The highest BCUT2D eigenvalue weighted by Crippen LogP contribution is 2.27. The van der Waals surface area contributed by atoms with Crippen LogP contribution in [0.4, 0.5) is 26.7 Å². The van der Waals surface area contributed by atoms with Crippen molar-refractivity contribution in [1.29, 1.82) is 0 Å². The van der Waals surface area contributed by atoms with Gasteiger partial charge in [-0.2, -0.15) is 0 Å². The molecule has 0 fully saturated rings. The molecule has 0 aliphatic carbocycles. The summed E-state index contributed by atoms with van der Waals surface area (Å²) in [5.41, 5.74) is 10.9. The molecule has 0 unspecified atom stereocenters. The number of rotatable bonds is 9. The fourth-order valence-corrected chi connectivity index (χ4v) is 3.87. The molecule has 0 radical (unpaired) electrons. The Hall–Kier alpha value is -3.01. The molecule has 0 aliphatic rings. The molecule has 3 aromatic rings. The third-order valence-corrected chi connectivity index (χ3v) is 5.29. The first-order chi connectivity index (χ1) is 15.8. The number of nitrogens with one attached hydrogen (secondary N) is 2. The number of nitrogens with zero attached hydrogens (tertiary/aromatic N) is 1. The van der Waals surface area contributed by atoms with E-state index >= 15 is 0 Å². The Labute approximate surface area is 209 Å². The predicted molar refractivity (Wildman–Crippen MR) is 146 cm³/mol. The molecule has 170 valence electrons. The molecule has 0 heterocycles. The van der Waals surface area contributed by atoms with Crippen molar-refractivity contribution < 1.29 is 9.59 Å². The van der Waals surface area contributed by atoms with Crippen LogP contribution in [0.15, 0.2) is 72.8 Å². The summed E-state index contributed by atoms with van der Waals surface area (Å²) in [6.45, 7) is 1.00. The van der Waals surface area contributed by atoms with E-state index in [0.29, 0.717) is 35.9 Å². The van der Waals surface area contributed by atoms with Gasteiger partial charge in [-0.15, -0.1) is 0 Å². The number of amides is 2. The van der Waals surface area contributed by atoms with Crippen LogP contribution in [-0.2, 0) is 19.5 Å². The van der Waals surface area contributed by atoms with Crippen LogP contribution in [0, 0.1) is 0 Å². The Kier molecular flexibility index (Phi) is 8.76. The van der Waals surface area contributed by atoms with Gasteiger partial charge in [0.1, 0.15) is 0 Å². The molecular weight excluding hydrogens is 472 g/mol. The van der Waals surface area contributed by atoms with E-state index in [1.54, 1.807) is 0 Å². The first-order valence-corrected chi connectivity index (χ1v) is 11.4. The Morgan fingerprint density at radius 2 is 1.24 bits per heavy atom. The van der Waals surface area contributed by atoms with Crippen molar-refractivity contribution in [2.45, 2.75) is 19.5 Å². The largest absolute Gasteiger partial charge is 0.393 e. The van der Waals surface area contributed by atoms with Crippen molar-refractivity contribution in [1.82, 2.24) is 0 Å². The lowest BCUT2D eigenvalue weighted by Gasteiger charge is -2.27. The summed E-state index contributed by atoms with van der Waals surface area (Å²) >= 11 is 12.7. The maximum absolute atomic E-state index is 11.6. The van der Waals surface area contributed by atoms with Crippen molar-refractivity contribution in [2.75, 3.05) is 15.5 Å². The normalized spacial score (nSPS) is 10.4. The molecule has 0 atom stereocenters. The summed E-state index contributed by atoms with van der Waals surface area (Å²) in [5, 5.41) is 4.67. The van der Waals surface area contributed by atoms with E-state index in [-0.39, 0.29) is 0 Å². The molecule has 0 spiro atoms. The minimum absolute atomic E-state index is 0.432. The van der Waals surface area contributed by atoms with Gasteiger partial charge in [0.05, 0.1) is 4.99 Å². The van der Waals surface area contributed by atoms with Gasteiger partial charge < -0.3 is 21.3 Å². The molecule has 9 heteroatoms. The number of para-hydroxylation sites is 2. The monoisotopic (exact) mass is 496 g/mol. The number of hydrogen-bond donors (Lipinski definition) is 5. The third kappa shape index (κ3) is 7.52. The molecule has 33 heavy (non-hydrogen) atoms. The average molecular weight is 497 g/mol. The highest BCUT2D eigenvalue weighted by molar-refractivity contribution is 7.97. The molecule has 0 bridgehead atoms. The summed E-state index contributed by atoms with van der Waals surface area (Å²) in [4.78, 5) is 25.7. The fourth-order valence-electron chi connectivity index (χ4n) is 3.47. The Balaban J connectivity index is 1.97. The molecule has 0 aliphatic heterocycles. The zero-order valence-electron chi connectivity index (χ0n) is 17.7. The van der Waals surface area contributed by atoms with Crippen LogP contribution in [0.3, 0.4) is 0 Å². The van der Waals surface area contributed by atoms with Crippen molar-refractivity contribution in [3.05, 3.63) is 89.5 Å². The van der Waals surface area contributed by atoms with Crippen molar-refractivity contribution in [2.24, 2.45) is 5.73 Å². The minimum atomic E-state index is -0.432. The maximum atomic E-state index is 11.6. The first-order valence-electron chi connectivity index (χ1n) is 10.1. The summed E-state index contributed by atoms with van der Waals surface area (Å²) in [5.74, 6) is 0. The number of hydrogen-bond acceptors (Lipinski definition) is 4. The molecule has 0 aromatic heterocycles. The van der Waals surface area contributed by atoms with E-state index in [2.05, 4.69) is 40.8 Å². The van der Waals surface area contributed by atoms with Crippen LogP contribution in [0.25, 0.3) is 0 Å². The second-order valence-electron chi connectivity index (χ2n) is 7.34. The van der Waals surface area contributed by atoms with Crippen LogP contribution in [0.1, 0.15) is 16.7 Å². The predicted octanol–water partition coefficient (Wildman–Crippen LogP) is 5.65. The lowest BCUT2D eigenvalue weighted by molar-refractivity contribution is 0.269. The lowest BCUT2D eigenvalue weighted by Crippen LogP contribution is -2.24. The first kappa shape index (κ1) is 24.6. The molecule has 6 nitrogen and oxygen atoms in total. The van der Waals surface area contributed by atoms with Gasteiger partial charge in [-0.1, -0.05) is 86.0 Å². The molecule has 0 saturated carbocycles. The molecule has 2 amide bonds. The second kappa shape index (κ2) is 11.7. The van der Waals surface area contributed by atoms with Gasteiger partial charge in [-0.3, -0.25) is 9.59 Å². The zero-order chi connectivity index (χ0) is 23.8. The van der Waals surface area contributed by atoms with E-state index in [9.17, 15) is 9.59 Å². The zero-order valence-corrected chi connectivity index (χ0v) is 20.3. The number of carbonyl (C=O) groups excluding carboxylic acids is 2. The number of thiol groups is 2. The van der Waals surface area contributed by atoms with Gasteiger partial charge in [0.2, 0.25) is 0 Å². The van der Waals surface area contributed by atoms with Crippen LogP contribution < -0.4 is 21.3 Å². The second-order valence-corrected chi connectivity index (χ2v) is 8.68. The van der Waals surface area contributed by atoms with Gasteiger partial charge in [0.15, 0.2) is 0 Å². The molecule has 0 saturated heterocycles.